The van der Waals surface area contributed by atoms with E-state index in [4.69, 9.17) is 5.73 Å². The second-order valence-electron chi connectivity index (χ2n) is 4.03. The molecule has 0 aliphatic carbocycles. The number of sulfonamides is 1. The summed E-state index contributed by atoms with van der Waals surface area (Å²) in [6, 6.07) is 2.79. The molecule has 1 aromatic carbocycles. The third-order valence-corrected chi connectivity index (χ3v) is 4.63. The van der Waals surface area contributed by atoms with Crippen LogP contribution in [0.4, 0.5) is 13.2 Å². The highest BCUT2D eigenvalue weighted by Crippen LogP contribution is 2.36. The molecule has 0 saturated carbocycles. The smallest absolute Gasteiger partial charge is 0.330 e. The van der Waals surface area contributed by atoms with Crippen molar-refractivity contribution in [1.82, 2.24) is 4.72 Å². The molecule has 0 unspecified atom stereocenters. The number of nitrogens with one attached hydrogen (secondary N) is 1. The Kier molecular flexibility index (Phi) is 8.19. The molecule has 122 valence electrons. The van der Waals surface area contributed by atoms with Crippen LogP contribution < -0.4 is 10.5 Å². The van der Waals surface area contributed by atoms with Crippen molar-refractivity contribution in [2.75, 3.05) is 13.1 Å². The summed E-state index contributed by atoms with van der Waals surface area (Å²) >= 11 is 2.76. The molecule has 1 rings (SSSR count). The van der Waals surface area contributed by atoms with Gasteiger partial charge in [0.2, 0.25) is 10.0 Å². The lowest BCUT2D eigenvalue weighted by Crippen LogP contribution is -2.25. The van der Waals surface area contributed by atoms with Gasteiger partial charge in [0.1, 0.15) is 0 Å². The molecule has 10 heteroatoms. The van der Waals surface area contributed by atoms with Crippen molar-refractivity contribution in [2.45, 2.75) is 23.9 Å². The normalized spacial score (nSPS) is 12.0. The molecule has 21 heavy (non-hydrogen) atoms. The van der Waals surface area contributed by atoms with E-state index < -0.39 is 26.7 Å². The highest BCUT2D eigenvalue weighted by Gasteiger charge is 2.34. The van der Waals surface area contributed by atoms with E-state index in [1.165, 1.54) is 0 Å². The maximum absolute atomic E-state index is 12.7. The van der Waals surface area contributed by atoms with Crippen LogP contribution >= 0.6 is 28.3 Å². The summed E-state index contributed by atoms with van der Waals surface area (Å²) in [4.78, 5) is -0.416. The van der Waals surface area contributed by atoms with E-state index in [-0.39, 0.29) is 23.4 Å². The summed E-state index contributed by atoms with van der Waals surface area (Å²) in [7, 11) is -3.95. The maximum Gasteiger partial charge on any atom is 0.417 e. The zero-order valence-corrected chi connectivity index (χ0v) is 14.0. The van der Waals surface area contributed by atoms with Crippen molar-refractivity contribution >= 4 is 38.4 Å². The molecule has 3 N–H and O–H groups in total. The molecule has 0 radical (unpaired) electrons. The average molecular weight is 412 g/mol. The van der Waals surface area contributed by atoms with E-state index in [1.807, 2.05) is 0 Å². The fourth-order valence-electron chi connectivity index (χ4n) is 1.45. The molecule has 0 amide bonds. The Morgan fingerprint density at radius 1 is 1.24 bits per heavy atom. The van der Waals surface area contributed by atoms with Crippen LogP contribution in [0.5, 0.6) is 0 Å². The van der Waals surface area contributed by atoms with Gasteiger partial charge in [-0.2, -0.15) is 13.2 Å². The largest absolute Gasteiger partial charge is 0.417 e. The van der Waals surface area contributed by atoms with E-state index in [1.54, 1.807) is 0 Å². The number of hydrogen-bond acceptors (Lipinski definition) is 3. The Labute approximate surface area is 135 Å². The van der Waals surface area contributed by atoms with E-state index in [0.29, 0.717) is 25.5 Å². The number of nitrogens with two attached hydrogens (primary N) is 1. The van der Waals surface area contributed by atoms with Crippen LogP contribution in [-0.4, -0.2) is 21.5 Å². The van der Waals surface area contributed by atoms with E-state index in [2.05, 4.69) is 20.7 Å². The van der Waals surface area contributed by atoms with Gasteiger partial charge in [-0.1, -0.05) is 15.9 Å². The molecule has 0 bridgehead atoms. The lowest BCUT2D eigenvalue weighted by molar-refractivity contribution is -0.138. The number of hydrogen-bond donors (Lipinski definition) is 2. The third-order valence-electron chi connectivity index (χ3n) is 2.48. The average Bonchev–Trinajstić information content (AvgIpc) is 2.33. The van der Waals surface area contributed by atoms with Gasteiger partial charge in [-0.3, -0.25) is 0 Å². The molecule has 0 fully saturated rings. The van der Waals surface area contributed by atoms with Crippen molar-refractivity contribution < 1.29 is 21.6 Å². The summed E-state index contributed by atoms with van der Waals surface area (Å²) in [5.41, 5.74) is 4.24. The van der Waals surface area contributed by atoms with E-state index >= 15 is 0 Å². The molecule has 0 aliphatic heterocycles. The van der Waals surface area contributed by atoms with E-state index in [0.717, 1.165) is 12.1 Å². The molecule has 0 aromatic heterocycles. The number of alkyl halides is 3. The first kappa shape index (κ1) is 20.6. The molecule has 0 spiro atoms. The zero-order valence-electron chi connectivity index (χ0n) is 10.8. The molecular weight excluding hydrogens is 397 g/mol. The van der Waals surface area contributed by atoms with Crippen LogP contribution in [0.3, 0.4) is 0 Å². The standard InChI is InChI=1S/C11H14BrF3N2O2S.ClH/c12-10-4-3-8(7-9(10)11(13,14)15)20(18,19)17-6-2-1-5-16;/h3-4,7,17H,1-2,5-6,16H2;1H. The Morgan fingerprint density at radius 3 is 2.38 bits per heavy atom. The highest BCUT2D eigenvalue weighted by atomic mass is 79.9. The van der Waals surface area contributed by atoms with Crippen molar-refractivity contribution in [3.63, 3.8) is 0 Å². The fraction of sp³-hybridized carbons (Fsp3) is 0.455. The van der Waals surface area contributed by atoms with Gasteiger partial charge in [0.15, 0.2) is 0 Å². The van der Waals surface area contributed by atoms with Gasteiger partial charge >= 0.3 is 6.18 Å². The maximum atomic E-state index is 12.7. The van der Waals surface area contributed by atoms with Crippen LogP contribution in [0.2, 0.25) is 0 Å². The van der Waals surface area contributed by atoms with Crippen molar-refractivity contribution in [3.8, 4) is 0 Å². The number of rotatable bonds is 6. The van der Waals surface area contributed by atoms with Gasteiger partial charge in [0.25, 0.3) is 0 Å². The molecule has 0 aliphatic rings. The number of halogens is 5. The zero-order chi connectivity index (χ0) is 15.4. The Hall–Kier alpha value is -0.350. The minimum Gasteiger partial charge on any atom is -0.330 e. The lowest BCUT2D eigenvalue weighted by atomic mass is 10.2. The van der Waals surface area contributed by atoms with Crippen LogP contribution in [-0.2, 0) is 16.2 Å². The highest BCUT2D eigenvalue weighted by molar-refractivity contribution is 9.10. The first-order valence-corrected chi connectivity index (χ1v) is 8.02. The summed E-state index contributed by atoms with van der Waals surface area (Å²) in [6.07, 6.45) is -3.46. The third kappa shape index (κ3) is 6.11. The first-order chi connectivity index (χ1) is 9.18. The fourth-order valence-corrected chi connectivity index (χ4v) is 3.02. The first-order valence-electron chi connectivity index (χ1n) is 5.75. The van der Waals surface area contributed by atoms with Crippen LogP contribution in [0.1, 0.15) is 18.4 Å². The van der Waals surface area contributed by atoms with Crippen LogP contribution in [0, 0.1) is 0 Å². The van der Waals surface area contributed by atoms with Crippen LogP contribution in [0.25, 0.3) is 0 Å². The number of benzene rings is 1. The minimum atomic E-state index is -4.62. The monoisotopic (exact) mass is 410 g/mol. The van der Waals surface area contributed by atoms with Gasteiger partial charge in [0.05, 0.1) is 10.5 Å². The summed E-state index contributed by atoms with van der Waals surface area (Å²) < 4.78 is 63.9. The van der Waals surface area contributed by atoms with Crippen molar-refractivity contribution in [2.24, 2.45) is 5.73 Å². The SMILES string of the molecule is Cl.NCCCCNS(=O)(=O)c1ccc(Br)c(C(F)(F)F)c1. The second kappa shape index (κ2) is 8.33. The predicted octanol–water partition coefficient (Wildman–Crippen LogP) is 2.91. The van der Waals surface area contributed by atoms with Gasteiger partial charge in [0, 0.05) is 11.0 Å². The Bertz CT molecular complexity index is 567. The molecule has 4 nitrogen and oxygen atoms in total. The lowest BCUT2D eigenvalue weighted by Gasteiger charge is -2.12. The second-order valence-corrected chi connectivity index (χ2v) is 6.65. The summed E-state index contributed by atoms with van der Waals surface area (Å²) in [6.45, 7) is 0.565. The minimum absolute atomic E-state index is 0. The van der Waals surface area contributed by atoms with Crippen LogP contribution in [0.15, 0.2) is 27.6 Å². The molecule has 0 heterocycles. The molecule has 0 saturated heterocycles. The number of unbranched alkanes of at least 4 members (excludes halogenated alkanes) is 1. The summed E-state index contributed by atoms with van der Waals surface area (Å²) in [5.74, 6) is 0. The topological polar surface area (TPSA) is 72.2 Å². The molecule has 0 atom stereocenters. The predicted molar refractivity (Wildman–Crippen MR) is 79.9 cm³/mol. The van der Waals surface area contributed by atoms with Gasteiger partial charge < -0.3 is 5.73 Å². The molecule has 1 aromatic rings. The van der Waals surface area contributed by atoms with Crippen molar-refractivity contribution in [3.05, 3.63) is 28.2 Å². The Morgan fingerprint density at radius 2 is 1.86 bits per heavy atom. The van der Waals surface area contributed by atoms with Crippen molar-refractivity contribution in [1.29, 1.82) is 0 Å². The van der Waals surface area contributed by atoms with Gasteiger partial charge in [-0.15, -0.1) is 12.4 Å². The van der Waals surface area contributed by atoms with E-state index in [9.17, 15) is 21.6 Å². The molecular formula is C11H15BrClF3N2O2S. The van der Waals surface area contributed by atoms with Gasteiger partial charge in [-0.05, 0) is 37.6 Å². The van der Waals surface area contributed by atoms with Gasteiger partial charge in [-0.25, -0.2) is 13.1 Å². The quantitative estimate of drug-likeness (QED) is 0.707. The Balaban J connectivity index is 0.00000400. The summed E-state index contributed by atoms with van der Waals surface area (Å²) in [5, 5.41) is 0.